The van der Waals surface area contributed by atoms with Crippen LogP contribution in [-0.4, -0.2) is 6.29 Å². The Labute approximate surface area is 123 Å². The van der Waals surface area contributed by atoms with Crippen LogP contribution in [0.2, 0.25) is 0 Å². The Morgan fingerprint density at radius 3 is 2.62 bits per heavy atom. The highest BCUT2D eigenvalue weighted by atomic mass is 16.5. The summed E-state index contributed by atoms with van der Waals surface area (Å²) in [6, 6.07) is 13.0. The lowest BCUT2D eigenvalue weighted by Crippen LogP contribution is -2.02. The molecule has 2 aromatic carbocycles. The summed E-state index contributed by atoms with van der Waals surface area (Å²) in [5, 5.41) is 9.16. The number of hydrogen-bond acceptors (Lipinski definition) is 3. The van der Waals surface area contributed by atoms with Crippen LogP contribution in [-0.2, 0) is 12.8 Å². The molecule has 0 fully saturated rings. The van der Waals surface area contributed by atoms with E-state index in [0.717, 1.165) is 24.9 Å². The van der Waals surface area contributed by atoms with Crippen LogP contribution in [0.4, 0.5) is 0 Å². The number of aryl methyl sites for hydroxylation is 2. The molecule has 1 aliphatic carbocycles. The van der Waals surface area contributed by atoms with E-state index < -0.39 is 0 Å². The second-order valence-corrected chi connectivity index (χ2v) is 5.22. The predicted octanol–water partition coefficient (Wildman–Crippen LogP) is 4.04. The molecule has 21 heavy (non-hydrogen) atoms. The molecule has 1 aliphatic rings. The van der Waals surface area contributed by atoms with Crippen LogP contribution in [0.1, 0.15) is 39.9 Å². The summed E-state index contributed by atoms with van der Waals surface area (Å²) < 4.78 is 5.83. The number of nitriles is 1. The molecule has 0 bridgehead atoms. The van der Waals surface area contributed by atoms with Gasteiger partial charge in [0, 0.05) is 5.56 Å². The SMILES string of the molecule is N#Cc1cc(C=O)ccc1Oc1ccc2c(c1)CCCC2. The molecule has 3 rings (SSSR count). The molecule has 0 saturated heterocycles. The molecule has 3 heteroatoms. The Kier molecular flexibility index (Phi) is 3.70. The summed E-state index contributed by atoms with van der Waals surface area (Å²) in [5.74, 6) is 1.23. The normalized spacial score (nSPS) is 13.1. The molecule has 104 valence electrons. The Morgan fingerprint density at radius 2 is 1.86 bits per heavy atom. The maximum Gasteiger partial charge on any atom is 0.150 e. The molecule has 0 aromatic heterocycles. The van der Waals surface area contributed by atoms with Gasteiger partial charge in [0.1, 0.15) is 23.9 Å². The maximum atomic E-state index is 10.8. The molecule has 0 heterocycles. The summed E-state index contributed by atoms with van der Waals surface area (Å²) >= 11 is 0. The number of nitrogens with zero attached hydrogens (tertiary/aromatic N) is 1. The van der Waals surface area contributed by atoms with E-state index in [9.17, 15) is 4.79 Å². The Balaban J connectivity index is 1.90. The van der Waals surface area contributed by atoms with Crippen molar-refractivity contribution in [3.63, 3.8) is 0 Å². The third-order valence-corrected chi connectivity index (χ3v) is 3.81. The van der Waals surface area contributed by atoms with Crippen molar-refractivity contribution in [1.82, 2.24) is 0 Å². The van der Waals surface area contributed by atoms with Gasteiger partial charge in [-0.05, 0) is 67.1 Å². The van der Waals surface area contributed by atoms with Crippen LogP contribution in [0.25, 0.3) is 0 Å². The van der Waals surface area contributed by atoms with Gasteiger partial charge in [0.2, 0.25) is 0 Å². The number of hydrogen-bond donors (Lipinski definition) is 0. The van der Waals surface area contributed by atoms with Gasteiger partial charge in [-0.25, -0.2) is 0 Å². The highest BCUT2D eigenvalue weighted by Crippen LogP contribution is 2.30. The minimum atomic E-state index is 0.373. The van der Waals surface area contributed by atoms with E-state index in [2.05, 4.69) is 18.2 Å². The van der Waals surface area contributed by atoms with Crippen LogP contribution in [0.15, 0.2) is 36.4 Å². The lowest BCUT2D eigenvalue weighted by atomic mass is 9.92. The summed E-state index contributed by atoms with van der Waals surface area (Å²) in [5.41, 5.74) is 3.58. The number of benzene rings is 2. The molecule has 0 saturated carbocycles. The first-order valence-corrected chi connectivity index (χ1v) is 7.09. The predicted molar refractivity (Wildman–Crippen MR) is 79.7 cm³/mol. The molecule has 0 N–H and O–H groups in total. The first-order valence-electron chi connectivity index (χ1n) is 7.09. The third-order valence-electron chi connectivity index (χ3n) is 3.81. The van der Waals surface area contributed by atoms with Crippen molar-refractivity contribution in [2.24, 2.45) is 0 Å². The molecule has 0 radical (unpaired) electrons. The Bertz CT molecular complexity index is 728. The molecular formula is C18H15NO2. The largest absolute Gasteiger partial charge is 0.456 e. The third kappa shape index (κ3) is 2.80. The summed E-state index contributed by atoms with van der Waals surface area (Å²) in [7, 11) is 0. The molecule has 2 aromatic rings. The van der Waals surface area contributed by atoms with Crippen molar-refractivity contribution in [3.05, 3.63) is 58.7 Å². The van der Waals surface area contributed by atoms with Gasteiger partial charge >= 0.3 is 0 Å². The van der Waals surface area contributed by atoms with Crippen LogP contribution in [0, 0.1) is 11.3 Å². The van der Waals surface area contributed by atoms with Crippen molar-refractivity contribution >= 4 is 6.29 Å². The molecule has 0 spiro atoms. The van der Waals surface area contributed by atoms with Crippen LogP contribution < -0.4 is 4.74 Å². The van der Waals surface area contributed by atoms with Gasteiger partial charge in [-0.15, -0.1) is 0 Å². The van der Waals surface area contributed by atoms with Gasteiger partial charge in [0.05, 0.1) is 5.56 Å². The standard InChI is InChI=1S/C18H15NO2/c19-11-16-9-13(12-20)5-8-18(16)21-17-7-6-14-3-1-2-4-15(14)10-17/h5-10,12H,1-4H2. The molecule has 0 unspecified atom stereocenters. The van der Waals surface area contributed by atoms with E-state index in [-0.39, 0.29) is 0 Å². The average Bonchev–Trinajstić information content (AvgIpc) is 2.55. The van der Waals surface area contributed by atoms with E-state index >= 15 is 0 Å². The number of ether oxygens (including phenoxy) is 1. The number of fused-ring (bicyclic) bond motifs is 1. The van der Waals surface area contributed by atoms with Gasteiger partial charge in [0.15, 0.2) is 0 Å². The average molecular weight is 277 g/mol. The van der Waals surface area contributed by atoms with E-state index in [0.29, 0.717) is 16.9 Å². The lowest BCUT2D eigenvalue weighted by molar-refractivity contribution is 0.112. The molecule has 3 nitrogen and oxygen atoms in total. The lowest BCUT2D eigenvalue weighted by Gasteiger charge is -2.17. The van der Waals surface area contributed by atoms with Crippen molar-refractivity contribution in [1.29, 1.82) is 5.26 Å². The first-order chi connectivity index (χ1) is 10.3. The zero-order valence-corrected chi connectivity index (χ0v) is 11.6. The topological polar surface area (TPSA) is 50.1 Å². The summed E-state index contributed by atoms with van der Waals surface area (Å²) in [6.07, 6.45) is 5.41. The number of rotatable bonds is 3. The van der Waals surface area contributed by atoms with E-state index in [1.807, 2.05) is 6.07 Å². The highest BCUT2D eigenvalue weighted by Gasteiger charge is 2.11. The Hall–Kier alpha value is -2.60. The molecule has 0 amide bonds. The fraction of sp³-hybridized carbons (Fsp3) is 0.222. The van der Waals surface area contributed by atoms with E-state index in [1.54, 1.807) is 18.2 Å². The van der Waals surface area contributed by atoms with Crippen LogP contribution >= 0.6 is 0 Å². The minimum absolute atomic E-state index is 0.373. The van der Waals surface area contributed by atoms with Gasteiger partial charge in [-0.3, -0.25) is 4.79 Å². The molecule has 0 aliphatic heterocycles. The minimum Gasteiger partial charge on any atom is -0.456 e. The smallest absolute Gasteiger partial charge is 0.150 e. The van der Waals surface area contributed by atoms with Crippen molar-refractivity contribution in [2.45, 2.75) is 25.7 Å². The van der Waals surface area contributed by atoms with Crippen molar-refractivity contribution in [3.8, 4) is 17.6 Å². The van der Waals surface area contributed by atoms with Crippen molar-refractivity contribution < 1.29 is 9.53 Å². The number of aldehydes is 1. The first kappa shape index (κ1) is 13.4. The fourth-order valence-electron chi connectivity index (χ4n) is 2.70. The second kappa shape index (κ2) is 5.80. The monoisotopic (exact) mass is 277 g/mol. The fourth-order valence-corrected chi connectivity index (χ4v) is 2.70. The van der Waals surface area contributed by atoms with E-state index in [1.165, 1.54) is 24.0 Å². The maximum absolute atomic E-state index is 10.8. The highest BCUT2D eigenvalue weighted by molar-refractivity contribution is 5.76. The molecular weight excluding hydrogens is 262 g/mol. The summed E-state index contributed by atoms with van der Waals surface area (Å²) in [6.45, 7) is 0. The van der Waals surface area contributed by atoms with Gasteiger partial charge in [-0.1, -0.05) is 6.07 Å². The molecule has 0 atom stereocenters. The second-order valence-electron chi connectivity index (χ2n) is 5.22. The quantitative estimate of drug-likeness (QED) is 0.795. The van der Waals surface area contributed by atoms with Gasteiger partial charge in [-0.2, -0.15) is 5.26 Å². The Morgan fingerprint density at radius 1 is 1.05 bits per heavy atom. The van der Waals surface area contributed by atoms with E-state index in [4.69, 9.17) is 10.00 Å². The van der Waals surface area contributed by atoms with Gasteiger partial charge in [0.25, 0.3) is 0 Å². The van der Waals surface area contributed by atoms with Gasteiger partial charge < -0.3 is 4.74 Å². The van der Waals surface area contributed by atoms with Crippen LogP contribution in [0.5, 0.6) is 11.5 Å². The van der Waals surface area contributed by atoms with Crippen LogP contribution in [0.3, 0.4) is 0 Å². The van der Waals surface area contributed by atoms with Crippen molar-refractivity contribution in [2.75, 3.05) is 0 Å². The zero-order valence-electron chi connectivity index (χ0n) is 11.6. The number of carbonyl (C=O) groups excluding carboxylic acids is 1. The zero-order chi connectivity index (χ0) is 14.7. The number of carbonyl (C=O) groups is 1. The summed E-state index contributed by atoms with van der Waals surface area (Å²) in [4.78, 5) is 10.8.